The van der Waals surface area contributed by atoms with Crippen LogP contribution in [-0.2, 0) is 28.7 Å². The molecular weight excluding hydrogens is 352 g/mol. The predicted octanol–water partition coefficient (Wildman–Crippen LogP) is 1.55. The van der Waals surface area contributed by atoms with Crippen molar-refractivity contribution in [3.8, 4) is 0 Å². The van der Waals surface area contributed by atoms with E-state index in [4.69, 9.17) is 0 Å². The van der Waals surface area contributed by atoms with Gasteiger partial charge in [0.2, 0.25) is 11.8 Å². The van der Waals surface area contributed by atoms with Crippen LogP contribution in [0, 0.1) is 0 Å². The maximum Gasteiger partial charge on any atom is 0.333 e. The largest absolute Gasteiger partial charge is 0.459 e. The Labute approximate surface area is 160 Å². The van der Waals surface area contributed by atoms with Gasteiger partial charge in [0.15, 0.2) is 0 Å². The van der Waals surface area contributed by atoms with Gasteiger partial charge in [-0.3, -0.25) is 9.59 Å². The number of amides is 2. The third-order valence-electron chi connectivity index (χ3n) is 2.52. The van der Waals surface area contributed by atoms with E-state index in [0.29, 0.717) is 22.3 Å². The standard InChI is InChI=1S/C10H14O4.C9H14N2O2/c1-7(2)9(11)13-5-6-14-10(12)8(3)4;1-6(2)8(12)10-5-11-9(13)7(3)4/h1,3,5-6H2,2,4H3;1,3,5H2,2,4H3,(H,10,12)(H,11,13). The second kappa shape index (κ2) is 14.1. The minimum Gasteiger partial charge on any atom is -0.459 e. The number of nitrogens with one attached hydrogen (secondary N) is 2. The summed E-state index contributed by atoms with van der Waals surface area (Å²) >= 11 is 0. The topological polar surface area (TPSA) is 111 Å². The molecular formula is C19H28N2O6. The molecule has 0 aromatic heterocycles. The van der Waals surface area contributed by atoms with Crippen LogP contribution in [0.1, 0.15) is 27.7 Å². The Kier molecular flexibility index (Phi) is 13.6. The number of esters is 2. The number of hydrogen-bond acceptors (Lipinski definition) is 6. The molecule has 0 fully saturated rings. The minimum atomic E-state index is -0.489. The minimum absolute atomic E-state index is 0.0325. The number of hydrogen-bond donors (Lipinski definition) is 2. The molecule has 8 nitrogen and oxygen atoms in total. The molecule has 0 atom stereocenters. The molecule has 150 valence electrons. The van der Waals surface area contributed by atoms with Crippen molar-refractivity contribution >= 4 is 23.8 Å². The number of carbonyl (C=O) groups is 4. The van der Waals surface area contributed by atoms with Gasteiger partial charge in [0, 0.05) is 22.3 Å². The fourth-order valence-electron chi connectivity index (χ4n) is 1.02. The zero-order valence-corrected chi connectivity index (χ0v) is 16.4. The summed E-state index contributed by atoms with van der Waals surface area (Å²) in [5.74, 6) is -1.53. The monoisotopic (exact) mass is 380 g/mol. The average Bonchev–Trinajstić information content (AvgIpc) is 2.57. The average molecular weight is 380 g/mol. The molecule has 0 aliphatic rings. The van der Waals surface area contributed by atoms with Gasteiger partial charge >= 0.3 is 11.9 Å². The van der Waals surface area contributed by atoms with Gasteiger partial charge in [-0.1, -0.05) is 26.3 Å². The van der Waals surface area contributed by atoms with Crippen LogP contribution in [0.15, 0.2) is 48.6 Å². The van der Waals surface area contributed by atoms with Crippen molar-refractivity contribution in [3.05, 3.63) is 48.6 Å². The lowest BCUT2D eigenvalue weighted by molar-refractivity contribution is -0.147. The summed E-state index contributed by atoms with van der Waals surface area (Å²) in [6.45, 7) is 20.1. The first-order chi connectivity index (χ1) is 12.4. The Morgan fingerprint density at radius 1 is 0.630 bits per heavy atom. The predicted molar refractivity (Wildman–Crippen MR) is 102 cm³/mol. The van der Waals surface area contributed by atoms with Crippen molar-refractivity contribution in [2.24, 2.45) is 0 Å². The van der Waals surface area contributed by atoms with Crippen LogP contribution in [0.25, 0.3) is 0 Å². The molecule has 0 rings (SSSR count). The molecule has 0 saturated carbocycles. The molecule has 2 amide bonds. The van der Waals surface area contributed by atoms with E-state index in [0.717, 1.165) is 0 Å². The van der Waals surface area contributed by atoms with E-state index in [1.165, 1.54) is 0 Å². The molecule has 0 spiro atoms. The molecule has 8 heteroatoms. The molecule has 0 bridgehead atoms. The van der Waals surface area contributed by atoms with E-state index in [2.05, 4.69) is 46.4 Å². The Morgan fingerprint density at radius 2 is 0.926 bits per heavy atom. The molecule has 0 aromatic rings. The number of ether oxygens (including phenoxy) is 2. The molecule has 0 saturated heterocycles. The lowest BCUT2D eigenvalue weighted by Gasteiger charge is -2.06. The highest BCUT2D eigenvalue weighted by molar-refractivity contribution is 5.94. The van der Waals surface area contributed by atoms with Crippen molar-refractivity contribution in [3.63, 3.8) is 0 Å². The number of carbonyl (C=O) groups excluding carboxylic acids is 4. The quantitative estimate of drug-likeness (QED) is 0.272. The molecule has 27 heavy (non-hydrogen) atoms. The normalized spacial score (nSPS) is 8.89. The molecule has 2 N–H and O–H groups in total. The van der Waals surface area contributed by atoms with Gasteiger partial charge in [-0.2, -0.15) is 0 Å². The highest BCUT2D eigenvalue weighted by Gasteiger charge is 2.05. The SMILES string of the molecule is C=C(C)C(=O)NCNC(=O)C(=C)C.C=C(C)C(=O)OCCOC(=O)C(=C)C. The third kappa shape index (κ3) is 14.9. The van der Waals surface area contributed by atoms with Gasteiger partial charge in [-0.05, 0) is 27.7 Å². The van der Waals surface area contributed by atoms with Crippen LogP contribution in [-0.4, -0.2) is 43.6 Å². The first kappa shape index (κ1) is 26.1. The molecule has 0 heterocycles. The van der Waals surface area contributed by atoms with Gasteiger partial charge in [-0.25, -0.2) is 9.59 Å². The van der Waals surface area contributed by atoms with E-state index in [9.17, 15) is 19.2 Å². The van der Waals surface area contributed by atoms with Crippen LogP contribution in [0.4, 0.5) is 0 Å². The summed E-state index contributed by atoms with van der Waals surface area (Å²) < 4.78 is 9.38. The summed E-state index contributed by atoms with van der Waals surface area (Å²) in [5, 5.41) is 4.91. The molecule has 0 unspecified atom stereocenters. The van der Waals surface area contributed by atoms with Gasteiger partial charge in [0.25, 0.3) is 0 Å². The zero-order chi connectivity index (χ0) is 21.6. The van der Waals surface area contributed by atoms with Crippen molar-refractivity contribution in [1.29, 1.82) is 0 Å². The first-order valence-electron chi connectivity index (χ1n) is 7.92. The van der Waals surface area contributed by atoms with Crippen LogP contribution >= 0.6 is 0 Å². The summed E-state index contributed by atoms with van der Waals surface area (Å²) in [6.07, 6.45) is 0. The van der Waals surface area contributed by atoms with E-state index in [1.54, 1.807) is 27.7 Å². The van der Waals surface area contributed by atoms with E-state index >= 15 is 0 Å². The molecule has 0 aliphatic carbocycles. The van der Waals surface area contributed by atoms with Gasteiger partial charge in [-0.15, -0.1) is 0 Å². The summed E-state index contributed by atoms with van der Waals surface area (Å²) in [6, 6.07) is 0. The maximum atomic E-state index is 10.9. The van der Waals surface area contributed by atoms with Crippen LogP contribution in [0.3, 0.4) is 0 Å². The Bertz CT molecular complexity index is 580. The highest BCUT2D eigenvalue weighted by atomic mass is 16.6. The maximum absolute atomic E-state index is 10.9. The van der Waals surface area contributed by atoms with Crippen molar-refractivity contribution < 1.29 is 28.7 Å². The zero-order valence-electron chi connectivity index (χ0n) is 16.4. The van der Waals surface area contributed by atoms with Crippen LogP contribution in [0.5, 0.6) is 0 Å². The van der Waals surface area contributed by atoms with E-state index < -0.39 is 11.9 Å². The summed E-state index contributed by atoms with van der Waals surface area (Å²) in [7, 11) is 0. The van der Waals surface area contributed by atoms with Crippen LogP contribution in [0.2, 0.25) is 0 Å². The molecule has 0 aliphatic heterocycles. The third-order valence-corrected chi connectivity index (χ3v) is 2.52. The van der Waals surface area contributed by atoms with Crippen molar-refractivity contribution in [1.82, 2.24) is 10.6 Å². The Hall–Kier alpha value is -3.16. The fourth-order valence-corrected chi connectivity index (χ4v) is 1.02. The second-order valence-electron chi connectivity index (χ2n) is 5.58. The Balaban J connectivity index is 0. The lowest BCUT2D eigenvalue weighted by Crippen LogP contribution is -2.37. The second-order valence-corrected chi connectivity index (χ2v) is 5.58. The highest BCUT2D eigenvalue weighted by Crippen LogP contribution is 1.94. The van der Waals surface area contributed by atoms with Crippen LogP contribution < -0.4 is 10.6 Å². The van der Waals surface area contributed by atoms with E-state index in [-0.39, 0.29) is 31.7 Å². The van der Waals surface area contributed by atoms with Gasteiger partial charge < -0.3 is 20.1 Å². The smallest absolute Gasteiger partial charge is 0.333 e. The van der Waals surface area contributed by atoms with Crippen molar-refractivity contribution in [2.45, 2.75) is 27.7 Å². The van der Waals surface area contributed by atoms with E-state index in [1.807, 2.05) is 0 Å². The van der Waals surface area contributed by atoms with Gasteiger partial charge in [0.05, 0.1) is 6.67 Å². The van der Waals surface area contributed by atoms with Crippen molar-refractivity contribution in [2.75, 3.05) is 19.9 Å². The fraction of sp³-hybridized carbons (Fsp3) is 0.368. The summed E-state index contributed by atoms with van der Waals surface area (Å²) in [5.41, 5.74) is 1.45. The first-order valence-corrected chi connectivity index (χ1v) is 7.92. The Morgan fingerprint density at radius 3 is 1.15 bits per heavy atom. The molecule has 0 aromatic carbocycles. The van der Waals surface area contributed by atoms with Gasteiger partial charge in [0.1, 0.15) is 13.2 Å². The molecule has 0 radical (unpaired) electrons. The number of rotatable bonds is 9. The lowest BCUT2D eigenvalue weighted by atomic mass is 10.3. The summed E-state index contributed by atoms with van der Waals surface area (Å²) in [4.78, 5) is 43.5.